The van der Waals surface area contributed by atoms with E-state index in [2.05, 4.69) is 5.16 Å². The van der Waals surface area contributed by atoms with Gasteiger partial charge in [0, 0.05) is 31.4 Å². The van der Waals surface area contributed by atoms with Gasteiger partial charge in [-0.15, -0.1) is 0 Å². The number of hydrogen-bond acceptors (Lipinski definition) is 7. The van der Waals surface area contributed by atoms with Gasteiger partial charge in [-0.25, -0.2) is 0 Å². The van der Waals surface area contributed by atoms with E-state index in [-0.39, 0.29) is 13.4 Å². The third-order valence-corrected chi connectivity index (χ3v) is 3.05. The van der Waals surface area contributed by atoms with Crippen LogP contribution in [0.25, 0.3) is 0 Å². The topological polar surface area (TPSA) is 89.0 Å². The molecule has 21 heavy (non-hydrogen) atoms. The van der Waals surface area contributed by atoms with Crippen LogP contribution < -0.4 is 19.9 Å². The molecule has 1 aliphatic rings. The molecule has 0 saturated heterocycles. The number of ether oxygens (including phenoxy) is 4. The summed E-state index contributed by atoms with van der Waals surface area (Å²) in [5, 5.41) is 3.91. The molecule has 1 aromatic carbocycles. The Morgan fingerprint density at radius 1 is 1.19 bits per heavy atom. The van der Waals surface area contributed by atoms with E-state index >= 15 is 0 Å². The third-order valence-electron chi connectivity index (χ3n) is 3.05. The van der Waals surface area contributed by atoms with Crippen LogP contribution >= 0.6 is 0 Å². The van der Waals surface area contributed by atoms with E-state index in [0.29, 0.717) is 41.9 Å². The van der Waals surface area contributed by atoms with Crippen LogP contribution in [0.15, 0.2) is 22.7 Å². The number of methoxy groups -OCH3 is 1. The zero-order valence-corrected chi connectivity index (χ0v) is 11.6. The molecule has 1 aromatic heterocycles. The summed E-state index contributed by atoms with van der Waals surface area (Å²) < 4.78 is 26.5. The molecule has 0 fully saturated rings. The van der Waals surface area contributed by atoms with Crippen molar-refractivity contribution < 1.29 is 23.5 Å². The van der Waals surface area contributed by atoms with E-state index in [9.17, 15) is 0 Å². The van der Waals surface area contributed by atoms with Crippen LogP contribution in [0, 0.1) is 0 Å². The molecule has 0 aliphatic carbocycles. The Hall–Kier alpha value is -2.25. The van der Waals surface area contributed by atoms with Gasteiger partial charge in [-0.3, -0.25) is 0 Å². The van der Waals surface area contributed by atoms with Gasteiger partial charge in [0.1, 0.15) is 24.7 Å². The van der Waals surface area contributed by atoms with Gasteiger partial charge in [0.2, 0.25) is 6.79 Å². The molecule has 0 amide bonds. The lowest BCUT2D eigenvalue weighted by Crippen LogP contribution is -2.03. The number of fused-ring (bicyclic) bond motifs is 1. The Bertz CT molecular complexity index is 626. The highest BCUT2D eigenvalue weighted by atomic mass is 16.7. The summed E-state index contributed by atoms with van der Waals surface area (Å²) >= 11 is 0. The minimum absolute atomic E-state index is 0.215. The first-order chi connectivity index (χ1) is 10.3. The van der Waals surface area contributed by atoms with E-state index in [1.807, 2.05) is 6.07 Å². The number of hydrogen-bond donors (Lipinski definition) is 1. The standard InChI is InChI=1S/C14H16N2O5/c1-17-7-11-3-10(16-21-11)6-18-12-4-14-13(19-8-20-14)2-9(12)5-15/h2-4H,5-8,15H2,1H3. The molecule has 7 heteroatoms. The Balaban J connectivity index is 1.72. The zero-order chi connectivity index (χ0) is 14.7. The lowest BCUT2D eigenvalue weighted by molar-refractivity contribution is 0.155. The van der Waals surface area contributed by atoms with Crippen molar-refractivity contribution in [3.8, 4) is 17.2 Å². The van der Waals surface area contributed by atoms with Crippen LogP contribution in [0.1, 0.15) is 17.0 Å². The lowest BCUT2D eigenvalue weighted by atomic mass is 10.2. The zero-order valence-electron chi connectivity index (χ0n) is 11.6. The van der Waals surface area contributed by atoms with Crippen LogP contribution in [0.5, 0.6) is 17.2 Å². The molecule has 0 atom stereocenters. The molecule has 7 nitrogen and oxygen atoms in total. The van der Waals surface area contributed by atoms with E-state index in [1.54, 1.807) is 19.2 Å². The number of aromatic nitrogens is 1. The normalized spacial score (nSPS) is 12.7. The largest absolute Gasteiger partial charge is 0.487 e. The van der Waals surface area contributed by atoms with Crippen LogP contribution in [0.3, 0.4) is 0 Å². The molecule has 3 rings (SSSR count). The second-order valence-corrected chi connectivity index (χ2v) is 4.52. The number of nitrogens with zero attached hydrogens (tertiary/aromatic N) is 1. The summed E-state index contributed by atoms with van der Waals surface area (Å²) in [7, 11) is 1.60. The summed E-state index contributed by atoms with van der Waals surface area (Å²) in [6.07, 6.45) is 0. The van der Waals surface area contributed by atoms with Crippen LogP contribution in [-0.4, -0.2) is 19.1 Å². The van der Waals surface area contributed by atoms with Gasteiger partial charge in [0.05, 0.1) is 0 Å². The minimum Gasteiger partial charge on any atom is -0.487 e. The average molecular weight is 292 g/mol. The molecule has 1 aliphatic heterocycles. The average Bonchev–Trinajstić information content (AvgIpc) is 3.12. The molecule has 2 N–H and O–H groups in total. The molecule has 0 saturated carbocycles. The monoisotopic (exact) mass is 292 g/mol. The van der Waals surface area contributed by atoms with Gasteiger partial charge in [-0.05, 0) is 6.07 Å². The summed E-state index contributed by atoms with van der Waals surface area (Å²) in [5.41, 5.74) is 7.26. The van der Waals surface area contributed by atoms with Crippen LogP contribution in [-0.2, 0) is 24.5 Å². The molecule has 0 spiro atoms. The summed E-state index contributed by atoms with van der Waals surface area (Å²) in [6, 6.07) is 5.40. The van der Waals surface area contributed by atoms with Gasteiger partial charge in [0.25, 0.3) is 0 Å². The van der Waals surface area contributed by atoms with Crippen LogP contribution in [0.4, 0.5) is 0 Å². The first-order valence-electron chi connectivity index (χ1n) is 6.49. The van der Waals surface area contributed by atoms with Crippen molar-refractivity contribution in [1.29, 1.82) is 0 Å². The Morgan fingerprint density at radius 3 is 2.76 bits per heavy atom. The quantitative estimate of drug-likeness (QED) is 0.864. The molecule has 0 unspecified atom stereocenters. The highest BCUT2D eigenvalue weighted by Gasteiger charge is 2.18. The van der Waals surface area contributed by atoms with Crippen molar-refractivity contribution in [1.82, 2.24) is 5.16 Å². The highest BCUT2D eigenvalue weighted by Crippen LogP contribution is 2.38. The first kappa shape index (κ1) is 13.7. The van der Waals surface area contributed by atoms with E-state index < -0.39 is 0 Å². The molecular formula is C14H16N2O5. The van der Waals surface area contributed by atoms with Crippen molar-refractivity contribution in [2.75, 3.05) is 13.9 Å². The van der Waals surface area contributed by atoms with Gasteiger partial charge in [-0.1, -0.05) is 5.16 Å². The maximum absolute atomic E-state index is 5.75. The SMILES string of the molecule is COCc1cc(COc2cc3c(cc2CN)OCO3)no1. The molecule has 0 bridgehead atoms. The predicted molar refractivity (Wildman–Crippen MR) is 72.0 cm³/mol. The summed E-state index contributed by atoms with van der Waals surface area (Å²) in [6.45, 7) is 1.22. The highest BCUT2D eigenvalue weighted by molar-refractivity contribution is 5.51. The fourth-order valence-corrected chi connectivity index (χ4v) is 2.05. The summed E-state index contributed by atoms with van der Waals surface area (Å²) in [4.78, 5) is 0. The van der Waals surface area contributed by atoms with E-state index in [4.69, 9.17) is 29.2 Å². The first-order valence-corrected chi connectivity index (χ1v) is 6.49. The Morgan fingerprint density at radius 2 is 2.00 bits per heavy atom. The van der Waals surface area contributed by atoms with Crippen molar-refractivity contribution in [2.45, 2.75) is 19.8 Å². The van der Waals surface area contributed by atoms with Crippen molar-refractivity contribution in [2.24, 2.45) is 5.73 Å². The maximum atomic E-state index is 5.75. The lowest BCUT2D eigenvalue weighted by Gasteiger charge is -2.10. The minimum atomic E-state index is 0.215. The maximum Gasteiger partial charge on any atom is 0.231 e. The molecular weight excluding hydrogens is 276 g/mol. The molecule has 2 aromatic rings. The smallest absolute Gasteiger partial charge is 0.231 e. The number of nitrogens with two attached hydrogens (primary N) is 1. The van der Waals surface area contributed by atoms with Crippen molar-refractivity contribution in [3.05, 3.63) is 35.2 Å². The van der Waals surface area contributed by atoms with Crippen molar-refractivity contribution in [3.63, 3.8) is 0 Å². The molecule has 112 valence electrons. The Labute approximate surface area is 121 Å². The van der Waals surface area contributed by atoms with Gasteiger partial charge < -0.3 is 29.2 Å². The van der Waals surface area contributed by atoms with Gasteiger partial charge in [-0.2, -0.15) is 0 Å². The summed E-state index contributed by atoms with van der Waals surface area (Å²) in [5.74, 6) is 2.65. The number of benzene rings is 1. The van der Waals surface area contributed by atoms with E-state index in [0.717, 1.165) is 5.56 Å². The molecule has 0 radical (unpaired) electrons. The second kappa shape index (κ2) is 6.02. The molecule has 2 heterocycles. The van der Waals surface area contributed by atoms with Gasteiger partial charge in [0.15, 0.2) is 17.3 Å². The number of rotatable bonds is 6. The van der Waals surface area contributed by atoms with Gasteiger partial charge >= 0.3 is 0 Å². The van der Waals surface area contributed by atoms with E-state index in [1.165, 1.54) is 0 Å². The fraction of sp³-hybridized carbons (Fsp3) is 0.357. The second-order valence-electron chi connectivity index (χ2n) is 4.52. The van der Waals surface area contributed by atoms with Crippen molar-refractivity contribution >= 4 is 0 Å². The van der Waals surface area contributed by atoms with Crippen LogP contribution in [0.2, 0.25) is 0 Å². The fourth-order valence-electron chi connectivity index (χ4n) is 2.05. The predicted octanol–water partition coefficient (Wildman–Crippen LogP) is 1.59. The Kier molecular flexibility index (Phi) is 3.94. The third kappa shape index (κ3) is 2.93.